The topological polar surface area (TPSA) is 40.5 Å². The van der Waals surface area contributed by atoms with Crippen LogP contribution in [0, 0.1) is 6.92 Å². The summed E-state index contributed by atoms with van der Waals surface area (Å²) in [6, 6.07) is 14.3. The van der Waals surface area contributed by atoms with E-state index >= 15 is 0 Å². The number of nitrogens with zero attached hydrogens (tertiary/aromatic N) is 1. The second-order valence-electron chi connectivity index (χ2n) is 4.20. The second kappa shape index (κ2) is 4.92. The van der Waals surface area contributed by atoms with E-state index in [1.807, 2.05) is 30.3 Å². The van der Waals surface area contributed by atoms with Crippen molar-refractivity contribution in [1.82, 2.24) is 0 Å². The van der Waals surface area contributed by atoms with Gasteiger partial charge >= 0.3 is 0 Å². The van der Waals surface area contributed by atoms with Crippen LogP contribution in [0.2, 0.25) is 0 Å². The Hall–Kier alpha value is -2.29. The van der Waals surface area contributed by atoms with Crippen LogP contribution >= 0.6 is 0 Å². The molecule has 3 heteroatoms. The summed E-state index contributed by atoms with van der Waals surface area (Å²) in [7, 11) is 1.74. The number of hydrogen-bond acceptors (Lipinski definition) is 2. The minimum atomic E-state index is -0.0932. The van der Waals surface area contributed by atoms with Gasteiger partial charge in [0.25, 0.3) is 5.91 Å². The first-order chi connectivity index (χ1) is 8.59. The van der Waals surface area contributed by atoms with Gasteiger partial charge in [-0.25, -0.2) is 0 Å². The lowest BCUT2D eigenvalue weighted by molar-refractivity contribution is 0.0993. The van der Waals surface area contributed by atoms with E-state index in [2.05, 4.69) is 0 Å². The average Bonchev–Trinajstić information content (AvgIpc) is 2.41. The summed E-state index contributed by atoms with van der Waals surface area (Å²) in [5.41, 5.74) is 2.10. The number of carbonyl (C=O) groups excluding carboxylic acids is 1. The van der Waals surface area contributed by atoms with Crippen molar-refractivity contribution in [3.63, 3.8) is 0 Å². The lowest BCUT2D eigenvalue weighted by Gasteiger charge is -2.17. The number of carbonyl (C=O) groups is 1. The zero-order valence-electron chi connectivity index (χ0n) is 10.4. The van der Waals surface area contributed by atoms with Gasteiger partial charge in [0.05, 0.1) is 0 Å². The van der Waals surface area contributed by atoms with E-state index < -0.39 is 0 Å². The molecule has 0 aliphatic carbocycles. The summed E-state index contributed by atoms with van der Waals surface area (Å²) >= 11 is 0. The SMILES string of the molecule is Cc1cc(C(=O)N(C)c2ccccc2)ccc1O. The van der Waals surface area contributed by atoms with E-state index in [-0.39, 0.29) is 11.7 Å². The number of para-hydroxylation sites is 1. The fourth-order valence-electron chi connectivity index (χ4n) is 1.75. The van der Waals surface area contributed by atoms with Crippen molar-refractivity contribution in [3.05, 3.63) is 59.7 Å². The predicted octanol–water partition coefficient (Wildman–Crippen LogP) is 2.98. The first-order valence-electron chi connectivity index (χ1n) is 5.72. The number of benzene rings is 2. The number of phenols is 1. The van der Waals surface area contributed by atoms with Crippen LogP contribution < -0.4 is 4.90 Å². The molecule has 0 radical (unpaired) electrons. The number of anilines is 1. The van der Waals surface area contributed by atoms with Gasteiger partial charge < -0.3 is 10.0 Å². The largest absolute Gasteiger partial charge is 0.508 e. The second-order valence-corrected chi connectivity index (χ2v) is 4.20. The highest BCUT2D eigenvalue weighted by Gasteiger charge is 2.13. The van der Waals surface area contributed by atoms with E-state index in [9.17, 15) is 9.90 Å². The lowest BCUT2D eigenvalue weighted by Crippen LogP contribution is -2.26. The molecular weight excluding hydrogens is 226 g/mol. The van der Waals surface area contributed by atoms with Crippen LogP contribution in [0.4, 0.5) is 5.69 Å². The Labute approximate surface area is 106 Å². The summed E-state index contributed by atoms with van der Waals surface area (Å²) in [5.74, 6) is 0.109. The van der Waals surface area contributed by atoms with Crippen LogP contribution in [-0.2, 0) is 0 Å². The van der Waals surface area contributed by atoms with Gasteiger partial charge in [-0.2, -0.15) is 0 Å². The van der Waals surface area contributed by atoms with Gasteiger partial charge in [-0.05, 0) is 42.8 Å². The number of phenolic OH excluding ortho intramolecular Hbond substituents is 1. The Morgan fingerprint density at radius 2 is 1.78 bits per heavy atom. The standard InChI is InChI=1S/C15H15NO2/c1-11-10-12(8-9-14(11)17)15(18)16(2)13-6-4-3-5-7-13/h3-10,17H,1-2H3. The summed E-state index contributed by atoms with van der Waals surface area (Å²) in [5, 5.41) is 9.46. The van der Waals surface area contributed by atoms with E-state index in [0.717, 1.165) is 5.69 Å². The Morgan fingerprint density at radius 3 is 2.39 bits per heavy atom. The first kappa shape index (κ1) is 12.2. The molecule has 0 atom stereocenters. The smallest absolute Gasteiger partial charge is 0.258 e. The molecule has 0 aromatic heterocycles. The van der Waals surface area contributed by atoms with E-state index in [4.69, 9.17) is 0 Å². The van der Waals surface area contributed by atoms with Gasteiger partial charge in [-0.15, -0.1) is 0 Å². The van der Waals surface area contributed by atoms with Gasteiger partial charge in [0.2, 0.25) is 0 Å². The number of aromatic hydroxyl groups is 1. The van der Waals surface area contributed by atoms with Crippen LogP contribution in [0.1, 0.15) is 15.9 Å². The zero-order valence-corrected chi connectivity index (χ0v) is 10.4. The normalized spacial score (nSPS) is 10.1. The molecule has 0 bridgehead atoms. The minimum absolute atomic E-state index is 0.0932. The third-order valence-corrected chi connectivity index (χ3v) is 2.89. The monoisotopic (exact) mass is 241 g/mol. The molecule has 2 aromatic rings. The molecule has 0 fully saturated rings. The highest BCUT2D eigenvalue weighted by Crippen LogP contribution is 2.20. The number of rotatable bonds is 2. The zero-order chi connectivity index (χ0) is 13.1. The number of amides is 1. The molecule has 18 heavy (non-hydrogen) atoms. The third kappa shape index (κ3) is 2.35. The van der Waals surface area contributed by atoms with Crippen molar-refractivity contribution in [1.29, 1.82) is 0 Å². The van der Waals surface area contributed by atoms with Crippen molar-refractivity contribution >= 4 is 11.6 Å². The van der Waals surface area contributed by atoms with Crippen molar-refractivity contribution in [3.8, 4) is 5.75 Å². The van der Waals surface area contributed by atoms with Gasteiger partial charge in [0, 0.05) is 18.3 Å². The molecule has 1 amide bonds. The summed E-state index contributed by atoms with van der Waals surface area (Å²) < 4.78 is 0. The molecule has 0 spiro atoms. The van der Waals surface area contributed by atoms with Gasteiger partial charge in [-0.3, -0.25) is 4.79 Å². The molecule has 0 unspecified atom stereocenters. The fraction of sp³-hybridized carbons (Fsp3) is 0.133. The van der Waals surface area contributed by atoms with E-state index in [0.29, 0.717) is 11.1 Å². The maximum atomic E-state index is 12.3. The Morgan fingerprint density at radius 1 is 1.11 bits per heavy atom. The molecule has 0 saturated carbocycles. The Bertz CT molecular complexity index is 564. The molecule has 2 aromatic carbocycles. The van der Waals surface area contributed by atoms with Crippen LogP contribution in [0.3, 0.4) is 0 Å². The number of hydrogen-bond donors (Lipinski definition) is 1. The molecule has 0 aliphatic rings. The minimum Gasteiger partial charge on any atom is -0.508 e. The van der Waals surface area contributed by atoms with Crippen molar-refractivity contribution in [2.24, 2.45) is 0 Å². The molecule has 0 heterocycles. The van der Waals surface area contributed by atoms with Crippen LogP contribution in [0.15, 0.2) is 48.5 Å². The Kier molecular flexibility index (Phi) is 3.33. The quantitative estimate of drug-likeness (QED) is 0.878. The molecular formula is C15H15NO2. The van der Waals surface area contributed by atoms with Crippen molar-refractivity contribution in [2.45, 2.75) is 6.92 Å². The summed E-state index contributed by atoms with van der Waals surface area (Å²) in [4.78, 5) is 13.8. The maximum absolute atomic E-state index is 12.3. The van der Waals surface area contributed by atoms with E-state index in [1.54, 1.807) is 37.1 Å². The van der Waals surface area contributed by atoms with E-state index in [1.165, 1.54) is 0 Å². The molecule has 0 aliphatic heterocycles. The van der Waals surface area contributed by atoms with Gasteiger partial charge in [-0.1, -0.05) is 18.2 Å². The van der Waals surface area contributed by atoms with Crippen molar-refractivity contribution < 1.29 is 9.90 Å². The third-order valence-electron chi connectivity index (χ3n) is 2.89. The fourth-order valence-corrected chi connectivity index (χ4v) is 1.75. The number of aryl methyl sites for hydroxylation is 1. The first-order valence-corrected chi connectivity index (χ1v) is 5.72. The molecule has 1 N–H and O–H groups in total. The van der Waals surface area contributed by atoms with Crippen LogP contribution in [0.25, 0.3) is 0 Å². The predicted molar refractivity (Wildman–Crippen MR) is 72.0 cm³/mol. The van der Waals surface area contributed by atoms with Gasteiger partial charge in [0.15, 0.2) is 0 Å². The maximum Gasteiger partial charge on any atom is 0.258 e. The highest BCUT2D eigenvalue weighted by molar-refractivity contribution is 6.05. The highest BCUT2D eigenvalue weighted by atomic mass is 16.3. The summed E-state index contributed by atoms with van der Waals surface area (Å²) in [6.07, 6.45) is 0. The van der Waals surface area contributed by atoms with Crippen molar-refractivity contribution in [2.75, 3.05) is 11.9 Å². The molecule has 3 nitrogen and oxygen atoms in total. The molecule has 2 rings (SSSR count). The average molecular weight is 241 g/mol. The molecule has 0 saturated heterocycles. The Balaban J connectivity index is 2.29. The van der Waals surface area contributed by atoms with Gasteiger partial charge in [0.1, 0.15) is 5.75 Å². The summed E-state index contributed by atoms with van der Waals surface area (Å²) in [6.45, 7) is 1.77. The molecule has 92 valence electrons. The lowest BCUT2D eigenvalue weighted by atomic mass is 10.1. The van der Waals surface area contributed by atoms with Crippen LogP contribution in [0.5, 0.6) is 5.75 Å². The van der Waals surface area contributed by atoms with Crippen LogP contribution in [-0.4, -0.2) is 18.1 Å².